The van der Waals surface area contributed by atoms with Crippen LogP contribution in [-0.2, 0) is 11.3 Å². The van der Waals surface area contributed by atoms with Crippen molar-refractivity contribution in [2.24, 2.45) is 5.92 Å². The zero-order valence-corrected chi connectivity index (χ0v) is 12.9. The molecule has 2 aromatic rings. The fourth-order valence-corrected chi connectivity index (χ4v) is 3.43. The summed E-state index contributed by atoms with van der Waals surface area (Å²) in [6, 6.07) is 1.38. The van der Waals surface area contributed by atoms with Gasteiger partial charge in [0.1, 0.15) is 17.2 Å². The zero-order valence-electron chi connectivity index (χ0n) is 12.9. The van der Waals surface area contributed by atoms with Gasteiger partial charge in [0, 0.05) is 36.0 Å². The molecule has 0 aromatic carbocycles. The molecule has 2 heterocycles. The topological polar surface area (TPSA) is 52.0 Å². The van der Waals surface area contributed by atoms with E-state index < -0.39 is 5.82 Å². The van der Waals surface area contributed by atoms with Crippen LogP contribution in [-0.4, -0.2) is 21.1 Å². The first kappa shape index (κ1) is 14.9. The molecule has 1 aliphatic rings. The molecule has 1 fully saturated rings. The maximum absolute atomic E-state index is 13.5. The summed E-state index contributed by atoms with van der Waals surface area (Å²) in [6.45, 7) is 4.10. The van der Waals surface area contributed by atoms with Crippen LogP contribution >= 0.6 is 0 Å². The zero-order chi connectivity index (χ0) is 15.9. The molecule has 0 atom stereocenters. The Morgan fingerprint density at radius 3 is 2.73 bits per heavy atom. The van der Waals surface area contributed by atoms with Crippen molar-refractivity contribution in [3.05, 3.63) is 29.3 Å². The molecule has 3 rings (SSSR count). The van der Waals surface area contributed by atoms with Crippen molar-refractivity contribution in [3.63, 3.8) is 0 Å². The second-order valence-corrected chi connectivity index (χ2v) is 6.13. The van der Waals surface area contributed by atoms with Crippen molar-refractivity contribution >= 4 is 22.6 Å². The van der Waals surface area contributed by atoms with Gasteiger partial charge in [-0.2, -0.15) is 0 Å². The van der Waals surface area contributed by atoms with E-state index in [2.05, 4.69) is 4.98 Å². The number of carbonyl (C=O) groups excluding carboxylic acids is 2. The summed E-state index contributed by atoms with van der Waals surface area (Å²) in [5, 5.41) is 0.580. The summed E-state index contributed by atoms with van der Waals surface area (Å²) in [4.78, 5) is 27.5. The second kappa shape index (κ2) is 5.63. The van der Waals surface area contributed by atoms with E-state index in [1.807, 2.05) is 11.5 Å². The highest BCUT2D eigenvalue weighted by Gasteiger charge is 2.23. The molecule has 0 saturated heterocycles. The highest BCUT2D eigenvalue weighted by molar-refractivity contribution is 6.07. The lowest BCUT2D eigenvalue weighted by molar-refractivity contribution is -0.121. The number of hydrogen-bond acceptors (Lipinski definition) is 3. The molecule has 0 radical (unpaired) electrons. The van der Waals surface area contributed by atoms with Crippen LogP contribution in [0.25, 0.3) is 11.0 Å². The maximum Gasteiger partial charge on any atom is 0.162 e. The number of hydrogen-bond donors (Lipinski definition) is 0. The Balaban J connectivity index is 2.03. The summed E-state index contributed by atoms with van der Waals surface area (Å²) < 4.78 is 15.5. The highest BCUT2D eigenvalue weighted by Crippen LogP contribution is 2.29. The van der Waals surface area contributed by atoms with E-state index in [9.17, 15) is 14.0 Å². The van der Waals surface area contributed by atoms with Crippen molar-refractivity contribution in [2.45, 2.75) is 46.1 Å². The highest BCUT2D eigenvalue weighted by atomic mass is 19.1. The van der Waals surface area contributed by atoms with Crippen molar-refractivity contribution in [1.82, 2.24) is 9.55 Å². The number of halogens is 1. The number of aromatic nitrogens is 2. The van der Waals surface area contributed by atoms with E-state index in [4.69, 9.17) is 0 Å². The average molecular weight is 302 g/mol. The largest absolute Gasteiger partial charge is 0.329 e. The fraction of sp³-hybridized carbons (Fsp3) is 0.471. The van der Waals surface area contributed by atoms with Crippen LogP contribution in [0.15, 0.2) is 12.3 Å². The Morgan fingerprint density at radius 1 is 1.41 bits per heavy atom. The van der Waals surface area contributed by atoms with Crippen molar-refractivity contribution < 1.29 is 14.0 Å². The smallest absolute Gasteiger partial charge is 0.162 e. The molecule has 0 spiro atoms. The fourth-order valence-electron chi connectivity index (χ4n) is 3.43. The molecule has 116 valence electrons. The first-order chi connectivity index (χ1) is 10.5. The molecule has 0 bridgehead atoms. The quantitative estimate of drug-likeness (QED) is 0.816. The minimum absolute atomic E-state index is 0.0764. The number of fused-ring (bicyclic) bond motifs is 1. The van der Waals surface area contributed by atoms with Crippen molar-refractivity contribution in [1.29, 1.82) is 0 Å². The monoisotopic (exact) mass is 302 g/mol. The van der Waals surface area contributed by atoms with Gasteiger partial charge in [0.2, 0.25) is 0 Å². The van der Waals surface area contributed by atoms with Crippen LogP contribution in [0.5, 0.6) is 0 Å². The summed E-state index contributed by atoms with van der Waals surface area (Å²) in [5.41, 5.74) is 2.03. The Bertz CT molecular complexity index is 754. The van der Waals surface area contributed by atoms with E-state index >= 15 is 0 Å². The molecule has 0 amide bonds. The molecule has 22 heavy (non-hydrogen) atoms. The minimum Gasteiger partial charge on any atom is -0.329 e. The Morgan fingerprint density at radius 2 is 2.09 bits per heavy atom. The lowest BCUT2D eigenvalue weighted by Gasteiger charge is -2.22. The molecular weight excluding hydrogens is 283 g/mol. The van der Waals surface area contributed by atoms with E-state index in [-0.39, 0.29) is 5.78 Å². The second-order valence-electron chi connectivity index (χ2n) is 6.13. The standard InChI is InChI=1S/C17H19FN2O2/c1-10-16(11(2)21)15-7-13(18)8-19-17(15)20(10)9-12-3-5-14(22)6-4-12/h7-8,12H,3-6,9H2,1-2H3. The van der Waals surface area contributed by atoms with Gasteiger partial charge < -0.3 is 4.57 Å². The number of rotatable bonds is 3. The Labute approximate surface area is 128 Å². The van der Waals surface area contributed by atoms with Gasteiger partial charge in [0.15, 0.2) is 5.78 Å². The van der Waals surface area contributed by atoms with Crippen LogP contribution in [0, 0.1) is 18.7 Å². The number of nitrogens with zero attached hydrogens (tertiary/aromatic N) is 2. The van der Waals surface area contributed by atoms with E-state index in [1.165, 1.54) is 19.2 Å². The summed E-state index contributed by atoms with van der Waals surface area (Å²) in [5.74, 6) is 0.219. The molecule has 5 heteroatoms. The average Bonchev–Trinajstić information content (AvgIpc) is 2.73. The van der Waals surface area contributed by atoms with Crippen LogP contribution in [0.3, 0.4) is 0 Å². The first-order valence-corrected chi connectivity index (χ1v) is 7.64. The van der Waals surface area contributed by atoms with Crippen LogP contribution in [0.4, 0.5) is 4.39 Å². The Hall–Kier alpha value is -2.04. The third-order valence-corrected chi connectivity index (χ3v) is 4.58. The third kappa shape index (κ3) is 2.56. The molecule has 1 aliphatic carbocycles. The normalized spacial score (nSPS) is 16.4. The molecule has 0 N–H and O–H groups in total. The van der Waals surface area contributed by atoms with Gasteiger partial charge in [0.05, 0.1) is 6.20 Å². The minimum atomic E-state index is -0.435. The molecule has 1 saturated carbocycles. The van der Waals surface area contributed by atoms with Gasteiger partial charge in [-0.05, 0) is 38.7 Å². The van der Waals surface area contributed by atoms with Gasteiger partial charge in [0.25, 0.3) is 0 Å². The van der Waals surface area contributed by atoms with Gasteiger partial charge in [-0.1, -0.05) is 0 Å². The van der Waals surface area contributed by atoms with Crippen molar-refractivity contribution in [3.8, 4) is 0 Å². The SMILES string of the molecule is CC(=O)c1c(C)n(CC2CCC(=O)CC2)c2ncc(F)cc12. The lowest BCUT2D eigenvalue weighted by atomic mass is 9.88. The Kier molecular flexibility index (Phi) is 3.81. The van der Waals surface area contributed by atoms with Gasteiger partial charge in [-0.25, -0.2) is 9.37 Å². The molecular formula is C17H19FN2O2. The lowest BCUT2D eigenvalue weighted by Crippen LogP contribution is -2.19. The van der Waals surface area contributed by atoms with Gasteiger partial charge in [-0.3, -0.25) is 9.59 Å². The predicted octanol–water partition coefficient (Wildman–Crippen LogP) is 3.45. The maximum atomic E-state index is 13.5. The summed E-state index contributed by atoms with van der Waals surface area (Å²) >= 11 is 0. The summed E-state index contributed by atoms with van der Waals surface area (Å²) in [7, 11) is 0. The number of ketones is 2. The van der Waals surface area contributed by atoms with E-state index in [0.29, 0.717) is 41.1 Å². The van der Waals surface area contributed by atoms with E-state index in [0.717, 1.165) is 25.1 Å². The van der Waals surface area contributed by atoms with E-state index in [1.54, 1.807) is 0 Å². The van der Waals surface area contributed by atoms with Crippen LogP contribution in [0.1, 0.15) is 48.7 Å². The van der Waals surface area contributed by atoms with Crippen LogP contribution < -0.4 is 0 Å². The van der Waals surface area contributed by atoms with Gasteiger partial charge >= 0.3 is 0 Å². The summed E-state index contributed by atoms with van der Waals surface area (Å²) in [6.07, 6.45) is 4.19. The van der Waals surface area contributed by atoms with Gasteiger partial charge in [-0.15, -0.1) is 0 Å². The molecule has 4 nitrogen and oxygen atoms in total. The van der Waals surface area contributed by atoms with Crippen molar-refractivity contribution in [2.75, 3.05) is 0 Å². The van der Waals surface area contributed by atoms with Crippen LogP contribution in [0.2, 0.25) is 0 Å². The molecule has 0 aliphatic heterocycles. The number of Topliss-reactive ketones (excluding diaryl/α,β-unsaturated/α-hetero) is 2. The molecule has 2 aromatic heterocycles. The number of carbonyl (C=O) groups is 2. The third-order valence-electron chi connectivity index (χ3n) is 4.58. The number of pyridine rings is 1. The predicted molar refractivity (Wildman–Crippen MR) is 81.4 cm³/mol. The first-order valence-electron chi connectivity index (χ1n) is 7.64. The molecule has 0 unspecified atom stereocenters.